The molecule has 0 amide bonds. The van der Waals surface area contributed by atoms with E-state index < -0.39 is 0 Å². The van der Waals surface area contributed by atoms with Crippen LogP contribution < -0.4 is 0 Å². The number of hydrogen-bond acceptors (Lipinski definition) is 3. The van der Waals surface area contributed by atoms with Gasteiger partial charge in [-0.05, 0) is 17.7 Å². The molecule has 3 heteroatoms. The van der Waals surface area contributed by atoms with Gasteiger partial charge in [0, 0.05) is 11.3 Å². The fourth-order valence-electron chi connectivity index (χ4n) is 2.19. The summed E-state index contributed by atoms with van der Waals surface area (Å²) >= 11 is 1.58. The van der Waals surface area contributed by atoms with Crippen molar-refractivity contribution in [3.8, 4) is 0 Å². The molecule has 0 bridgehead atoms. The van der Waals surface area contributed by atoms with E-state index in [-0.39, 0.29) is 17.3 Å². The molecule has 96 valence electrons. The Morgan fingerprint density at radius 1 is 0.947 bits per heavy atom. The Kier molecular flexibility index (Phi) is 3.56. The molecule has 2 aromatic rings. The highest BCUT2D eigenvalue weighted by Crippen LogP contribution is 2.38. The predicted molar refractivity (Wildman–Crippen MR) is 76.0 cm³/mol. The van der Waals surface area contributed by atoms with Gasteiger partial charge in [-0.15, -0.1) is 11.8 Å². The molecule has 1 saturated heterocycles. The van der Waals surface area contributed by atoms with Gasteiger partial charge in [-0.1, -0.05) is 48.5 Å². The Hall–Kier alpha value is -1.74. The predicted octanol–water partition coefficient (Wildman–Crippen LogP) is 3.84. The first kappa shape index (κ1) is 12.3. The lowest BCUT2D eigenvalue weighted by Gasteiger charge is -2.08. The van der Waals surface area contributed by atoms with Gasteiger partial charge in [-0.25, -0.2) is 0 Å². The van der Waals surface area contributed by atoms with Gasteiger partial charge in [-0.3, -0.25) is 4.79 Å². The standard InChI is InChI=1S/C16H14O2S/c17-16-15(19-13-9-5-2-6-10-13)11-14(18-16)12-7-3-1-4-8-12/h1-10,14-15H,11H2/t14-,15-/m1/s1. The molecule has 2 atom stereocenters. The molecule has 0 radical (unpaired) electrons. The minimum atomic E-state index is -0.109. The Morgan fingerprint density at radius 2 is 1.58 bits per heavy atom. The number of cyclic esters (lactones) is 1. The minimum Gasteiger partial charge on any atom is -0.457 e. The third kappa shape index (κ3) is 2.82. The first-order valence-electron chi connectivity index (χ1n) is 6.30. The molecule has 2 aromatic carbocycles. The molecule has 1 aliphatic heterocycles. The summed E-state index contributed by atoms with van der Waals surface area (Å²) in [6.07, 6.45) is 0.637. The minimum absolute atomic E-state index is 0.102. The highest BCUT2D eigenvalue weighted by Gasteiger charge is 2.35. The molecule has 1 fully saturated rings. The molecule has 0 spiro atoms. The van der Waals surface area contributed by atoms with Crippen LogP contribution in [0.3, 0.4) is 0 Å². The lowest BCUT2D eigenvalue weighted by Crippen LogP contribution is -2.08. The monoisotopic (exact) mass is 270 g/mol. The number of ether oxygens (including phenoxy) is 1. The van der Waals surface area contributed by atoms with E-state index in [1.165, 1.54) is 0 Å². The molecule has 0 saturated carbocycles. The van der Waals surface area contributed by atoms with Crippen molar-refractivity contribution in [1.29, 1.82) is 0 Å². The Balaban J connectivity index is 1.71. The van der Waals surface area contributed by atoms with Crippen LogP contribution in [0.4, 0.5) is 0 Å². The van der Waals surface area contributed by atoms with Crippen LogP contribution in [0.2, 0.25) is 0 Å². The summed E-state index contributed by atoms with van der Waals surface area (Å²) in [6.45, 7) is 0. The van der Waals surface area contributed by atoms with Gasteiger partial charge in [-0.2, -0.15) is 0 Å². The van der Waals surface area contributed by atoms with Crippen molar-refractivity contribution < 1.29 is 9.53 Å². The first-order valence-corrected chi connectivity index (χ1v) is 7.18. The van der Waals surface area contributed by atoms with E-state index in [1.807, 2.05) is 60.7 Å². The molecular formula is C16H14O2S. The van der Waals surface area contributed by atoms with Crippen molar-refractivity contribution in [2.75, 3.05) is 0 Å². The van der Waals surface area contributed by atoms with Crippen molar-refractivity contribution in [1.82, 2.24) is 0 Å². The van der Waals surface area contributed by atoms with Crippen molar-refractivity contribution in [2.24, 2.45) is 0 Å². The van der Waals surface area contributed by atoms with Gasteiger partial charge < -0.3 is 4.74 Å². The maximum Gasteiger partial charge on any atom is 0.320 e. The highest BCUT2D eigenvalue weighted by atomic mass is 32.2. The zero-order valence-electron chi connectivity index (χ0n) is 10.4. The number of thioether (sulfide) groups is 1. The van der Waals surface area contributed by atoms with Crippen molar-refractivity contribution in [2.45, 2.75) is 22.7 Å². The summed E-state index contributed by atoms with van der Waals surface area (Å²) in [4.78, 5) is 13.0. The van der Waals surface area contributed by atoms with Crippen molar-refractivity contribution >= 4 is 17.7 Å². The average Bonchev–Trinajstić information content (AvgIpc) is 2.82. The van der Waals surface area contributed by atoms with Crippen molar-refractivity contribution in [3.05, 3.63) is 66.2 Å². The third-order valence-corrected chi connectivity index (χ3v) is 4.36. The van der Waals surface area contributed by atoms with Gasteiger partial charge in [0.15, 0.2) is 0 Å². The van der Waals surface area contributed by atoms with E-state index >= 15 is 0 Å². The summed E-state index contributed by atoms with van der Waals surface area (Å²) in [7, 11) is 0. The van der Waals surface area contributed by atoms with E-state index in [2.05, 4.69) is 0 Å². The second kappa shape index (κ2) is 5.49. The molecule has 0 unspecified atom stereocenters. The fraction of sp³-hybridized carbons (Fsp3) is 0.188. The molecule has 19 heavy (non-hydrogen) atoms. The summed E-state index contributed by atoms with van der Waals surface area (Å²) < 4.78 is 5.47. The van der Waals surface area contributed by atoms with Gasteiger partial charge in [0.25, 0.3) is 0 Å². The number of hydrogen-bond donors (Lipinski definition) is 0. The lowest BCUT2D eigenvalue weighted by molar-refractivity contribution is -0.141. The zero-order valence-corrected chi connectivity index (χ0v) is 11.2. The second-order valence-corrected chi connectivity index (χ2v) is 5.77. The molecule has 1 aliphatic rings. The van der Waals surface area contributed by atoms with Crippen LogP contribution in [-0.4, -0.2) is 11.2 Å². The normalized spacial score (nSPS) is 22.2. The van der Waals surface area contributed by atoms with Crippen LogP contribution in [0.15, 0.2) is 65.6 Å². The van der Waals surface area contributed by atoms with Crippen LogP contribution in [0.5, 0.6) is 0 Å². The van der Waals surface area contributed by atoms with E-state index in [0.29, 0.717) is 0 Å². The fourth-order valence-corrected chi connectivity index (χ4v) is 3.25. The Labute approximate surface area is 116 Å². The molecule has 0 aromatic heterocycles. The lowest BCUT2D eigenvalue weighted by atomic mass is 10.1. The molecule has 0 aliphatic carbocycles. The van der Waals surface area contributed by atoms with Crippen LogP contribution in [-0.2, 0) is 9.53 Å². The van der Waals surface area contributed by atoms with Gasteiger partial charge in [0.2, 0.25) is 0 Å². The van der Waals surface area contributed by atoms with E-state index in [4.69, 9.17) is 4.74 Å². The Bertz CT molecular complexity index is 553. The number of rotatable bonds is 3. The maximum absolute atomic E-state index is 11.9. The quantitative estimate of drug-likeness (QED) is 0.793. The molecule has 0 N–H and O–H groups in total. The highest BCUT2D eigenvalue weighted by molar-refractivity contribution is 8.00. The SMILES string of the molecule is O=C1O[C@@H](c2ccccc2)C[C@H]1Sc1ccccc1. The summed E-state index contributed by atoms with van der Waals surface area (Å²) in [5.41, 5.74) is 1.08. The number of carbonyl (C=O) groups is 1. The van der Waals surface area contributed by atoms with Gasteiger partial charge in [0.1, 0.15) is 11.4 Å². The summed E-state index contributed by atoms with van der Waals surface area (Å²) in [5.74, 6) is -0.109. The molecule has 1 heterocycles. The van der Waals surface area contributed by atoms with Crippen molar-refractivity contribution in [3.63, 3.8) is 0 Å². The van der Waals surface area contributed by atoms with Crippen LogP contribution in [0, 0.1) is 0 Å². The largest absolute Gasteiger partial charge is 0.457 e. The Morgan fingerprint density at radius 3 is 2.26 bits per heavy atom. The van der Waals surface area contributed by atoms with E-state index in [0.717, 1.165) is 16.9 Å². The number of carbonyl (C=O) groups excluding carboxylic acids is 1. The summed E-state index contributed by atoms with van der Waals surface area (Å²) in [6, 6.07) is 19.9. The average molecular weight is 270 g/mol. The third-order valence-electron chi connectivity index (χ3n) is 3.14. The summed E-state index contributed by atoms with van der Waals surface area (Å²) in [5, 5.41) is -0.104. The van der Waals surface area contributed by atoms with Crippen LogP contribution >= 0.6 is 11.8 Å². The van der Waals surface area contributed by atoms with Gasteiger partial charge >= 0.3 is 5.97 Å². The number of esters is 1. The van der Waals surface area contributed by atoms with E-state index in [1.54, 1.807) is 11.8 Å². The zero-order chi connectivity index (χ0) is 13.1. The van der Waals surface area contributed by atoms with Crippen LogP contribution in [0.25, 0.3) is 0 Å². The second-order valence-electron chi connectivity index (χ2n) is 4.49. The maximum atomic E-state index is 11.9. The van der Waals surface area contributed by atoms with Crippen LogP contribution in [0.1, 0.15) is 18.1 Å². The van der Waals surface area contributed by atoms with E-state index in [9.17, 15) is 4.79 Å². The first-order chi connectivity index (χ1) is 9.33. The molecular weight excluding hydrogens is 256 g/mol. The smallest absolute Gasteiger partial charge is 0.320 e. The molecule has 2 nitrogen and oxygen atoms in total. The van der Waals surface area contributed by atoms with Gasteiger partial charge in [0.05, 0.1) is 0 Å². The number of benzene rings is 2. The molecule has 3 rings (SSSR count). The topological polar surface area (TPSA) is 26.3 Å².